The standard InChI is InChI=1S/C24H22FNO5S/c1-15(27)26-11-10-18-13-20(32(28,29)30)7-9-21(18)24(26)22-8-6-17(14-23(22)31-2)16-4-3-5-19(25)12-16/h3-9,12-14,24H,10-11H2,1-2H3,(H,28,29,30). The highest BCUT2D eigenvalue weighted by Crippen LogP contribution is 2.41. The molecule has 8 heteroatoms. The molecule has 3 aromatic carbocycles. The Balaban J connectivity index is 1.86. The van der Waals surface area contributed by atoms with E-state index >= 15 is 0 Å². The number of halogens is 1. The predicted octanol–water partition coefficient (Wildman–Crippen LogP) is 4.24. The first-order valence-corrected chi connectivity index (χ1v) is 11.4. The zero-order chi connectivity index (χ0) is 23.0. The molecule has 0 saturated carbocycles. The number of benzene rings is 3. The Morgan fingerprint density at radius 1 is 1.06 bits per heavy atom. The summed E-state index contributed by atoms with van der Waals surface area (Å²) in [4.78, 5) is 14.0. The van der Waals surface area contributed by atoms with Crippen molar-refractivity contribution in [3.8, 4) is 16.9 Å². The van der Waals surface area contributed by atoms with E-state index in [0.717, 1.165) is 22.3 Å². The molecule has 1 amide bonds. The van der Waals surface area contributed by atoms with Crippen molar-refractivity contribution < 1.29 is 26.9 Å². The lowest BCUT2D eigenvalue weighted by Gasteiger charge is -2.38. The molecule has 1 aliphatic rings. The van der Waals surface area contributed by atoms with Crippen molar-refractivity contribution in [3.63, 3.8) is 0 Å². The van der Waals surface area contributed by atoms with Crippen molar-refractivity contribution in [3.05, 3.63) is 83.2 Å². The lowest BCUT2D eigenvalue weighted by Crippen LogP contribution is -2.39. The highest BCUT2D eigenvalue weighted by atomic mass is 32.2. The molecule has 0 saturated heterocycles. The van der Waals surface area contributed by atoms with E-state index in [2.05, 4.69) is 0 Å². The summed E-state index contributed by atoms with van der Waals surface area (Å²) in [5.74, 6) is 0.0506. The number of carbonyl (C=O) groups is 1. The van der Waals surface area contributed by atoms with Crippen LogP contribution in [0.15, 0.2) is 65.6 Å². The number of fused-ring (bicyclic) bond motifs is 1. The molecule has 1 unspecified atom stereocenters. The van der Waals surface area contributed by atoms with E-state index in [-0.39, 0.29) is 16.6 Å². The van der Waals surface area contributed by atoms with Crippen molar-refractivity contribution in [2.24, 2.45) is 0 Å². The van der Waals surface area contributed by atoms with Gasteiger partial charge in [-0.2, -0.15) is 8.42 Å². The van der Waals surface area contributed by atoms with Gasteiger partial charge in [-0.05, 0) is 59.0 Å². The lowest BCUT2D eigenvalue weighted by atomic mass is 9.87. The molecular weight excluding hydrogens is 433 g/mol. The molecule has 1 heterocycles. The van der Waals surface area contributed by atoms with Crippen LogP contribution in [-0.2, 0) is 21.3 Å². The summed E-state index contributed by atoms with van der Waals surface area (Å²) in [6.45, 7) is 1.87. The molecule has 1 aliphatic heterocycles. The highest BCUT2D eigenvalue weighted by Gasteiger charge is 2.33. The van der Waals surface area contributed by atoms with Gasteiger partial charge in [-0.15, -0.1) is 0 Å². The molecule has 4 rings (SSSR count). The number of nitrogens with zero attached hydrogens (tertiary/aromatic N) is 1. The quantitative estimate of drug-likeness (QED) is 0.595. The number of hydrogen-bond donors (Lipinski definition) is 1. The van der Waals surface area contributed by atoms with Crippen LogP contribution in [-0.4, -0.2) is 37.4 Å². The van der Waals surface area contributed by atoms with Gasteiger partial charge in [0.25, 0.3) is 10.1 Å². The topological polar surface area (TPSA) is 83.9 Å². The molecule has 0 bridgehead atoms. The summed E-state index contributed by atoms with van der Waals surface area (Å²) in [6, 6.07) is 15.6. The summed E-state index contributed by atoms with van der Waals surface area (Å²) in [7, 11) is -2.81. The van der Waals surface area contributed by atoms with Gasteiger partial charge in [-0.1, -0.05) is 30.3 Å². The molecule has 166 valence electrons. The summed E-state index contributed by atoms with van der Waals surface area (Å²) in [5.41, 5.74) is 3.68. The molecule has 1 N–H and O–H groups in total. The summed E-state index contributed by atoms with van der Waals surface area (Å²) in [5, 5.41) is 0. The van der Waals surface area contributed by atoms with E-state index in [9.17, 15) is 22.2 Å². The van der Waals surface area contributed by atoms with Crippen LogP contribution in [0.3, 0.4) is 0 Å². The van der Waals surface area contributed by atoms with Crippen molar-refractivity contribution in [2.75, 3.05) is 13.7 Å². The third kappa shape index (κ3) is 4.11. The number of rotatable bonds is 4. The van der Waals surface area contributed by atoms with E-state index in [1.807, 2.05) is 12.1 Å². The summed E-state index contributed by atoms with van der Waals surface area (Å²) in [6.07, 6.45) is 0.457. The lowest BCUT2D eigenvalue weighted by molar-refractivity contribution is -0.130. The second-order valence-corrected chi connectivity index (χ2v) is 9.09. The van der Waals surface area contributed by atoms with Gasteiger partial charge in [0.15, 0.2) is 0 Å². The van der Waals surface area contributed by atoms with Crippen molar-refractivity contribution in [1.29, 1.82) is 0 Å². The van der Waals surface area contributed by atoms with Crippen LogP contribution in [0.5, 0.6) is 5.75 Å². The smallest absolute Gasteiger partial charge is 0.294 e. The Morgan fingerprint density at radius 3 is 2.44 bits per heavy atom. The second-order valence-electron chi connectivity index (χ2n) is 7.67. The Labute approximate surface area is 186 Å². The van der Waals surface area contributed by atoms with Crippen molar-refractivity contribution in [2.45, 2.75) is 24.3 Å². The fourth-order valence-corrected chi connectivity index (χ4v) is 4.75. The molecule has 0 aromatic heterocycles. The highest BCUT2D eigenvalue weighted by molar-refractivity contribution is 7.85. The number of amides is 1. The van der Waals surface area contributed by atoms with E-state index in [0.29, 0.717) is 24.3 Å². The second kappa shape index (κ2) is 8.37. The Hall–Kier alpha value is -3.23. The van der Waals surface area contributed by atoms with Crippen LogP contribution in [0.25, 0.3) is 11.1 Å². The molecular formula is C24H22FNO5S. The Bertz CT molecular complexity index is 1310. The molecule has 0 radical (unpaired) electrons. The van der Waals surface area contributed by atoms with Gasteiger partial charge in [0.05, 0.1) is 18.0 Å². The Morgan fingerprint density at radius 2 is 1.78 bits per heavy atom. The number of hydrogen-bond acceptors (Lipinski definition) is 4. The van der Waals surface area contributed by atoms with Crippen LogP contribution in [0.2, 0.25) is 0 Å². The minimum atomic E-state index is -4.34. The molecule has 32 heavy (non-hydrogen) atoms. The number of carbonyl (C=O) groups excluding carboxylic acids is 1. The van der Waals surface area contributed by atoms with Gasteiger partial charge in [0, 0.05) is 19.0 Å². The largest absolute Gasteiger partial charge is 0.496 e. The van der Waals surface area contributed by atoms with E-state index in [1.165, 1.54) is 38.3 Å². The minimum Gasteiger partial charge on any atom is -0.496 e. The number of methoxy groups -OCH3 is 1. The van der Waals surface area contributed by atoms with Gasteiger partial charge >= 0.3 is 0 Å². The van der Waals surface area contributed by atoms with Gasteiger partial charge < -0.3 is 9.64 Å². The SMILES string of the molecule is COc1cc(-c2cccc(F)c2)ccc1C1c2ccc(S(=O)(=O)O)cc2CCN1C(C)=O. The first-order chi connectivity index (χ1) is 15.2. The third-order valence-corrected chi connectivity index (χ3v) is 6.58. The Kier molecular flexibility index (Phi) is 5.75. The molecule has 1 atom stereocenters. The molecule has 6 nitrogen and oxygen atoms in total. The van der Waals surface area contributed by atoms with Crippen LogP contribution in [0, 0.1) is 5.82 Å². The van der Waals surface area contributed by atoms with Crippen molar-refractivity contribution >= 4 is 16.0 Å². The maximum absolute atomic E-state index is 13.7. The van der Waals surface area contributed by atoms with Gasteiger partial charge in [-0.25, -0.2) is 4.39 Å². The van der Waals surface area contributed by atoms with E-state index < -0.39 is 16.2 Å². The first kappa shape index (κ1) is 22.0. The molecule has 3 aromatic rings. The normalized spacial score (nSPS) is 15.9. The predicted molar refractivity (Wildman–Crippen MR) is 118 cm³/mol. The van der Waals surface area contributed by atoms with Gasteiger partial charge in [-0.3, -0.25) is 9.35 Å². The van der Waals surface area contributed by atoms with Crippen LogP contribution in [0.4, 0.5) is 4.39 Å². The van der Waals surface area contributed by atoms with Gasteiger partial charge in [0.2, 0.25) is 5.91 Å². The first-order valence-electron chi connectivity index (χ1n) is 10.0. The monoisotopic (exact) mass is 455 g/mol. The minimum absolute atomic E-state index is 0.129. The van der Waals surface area contributed by atoms with Crippen molar-refractivity contribution in [1.82, 2.24) is 4.90 Å². The number of ether oxygens (including phenoxy) is 1. The average molecular weight is 456 g/mol. The molecule has 0 aliphatic carbocycles. The fourth-order valence-electron chi connectivity index (χ4n) is 4.22. The zero-order valence-corrected chi connectivity index (χ0v) is 18.4. The molecule has 0 fully saturated rings. The van der Waals surface area contributed by atoms with E-state index in [1.54, 1.807) is 29.2 Å². The van der Waals surface area contributed by atoms with E-state index in [4.69, 9.17) is 4.74 Å². The summed E-state index contributed by atoms with van der Waals surface area (Å²) < 4.78 is 51.9. The zero-order valence-electron chi connectivity index (χ0n) is 17.6. The third-order valence-electron chi connectivity index (χ3n) is 5.73. The van der Waals surface area contributed by atoms with Crippen LogP contribution < -0.4 is 4.74 Å². The summed E-state index contributed by atoms with van der Waals surface area (Å²) >= 11 is 0. The fraction of sp³-hybridized carbons (Fsp3) is 0.208. The van der Waals surface area contributed by atoms with Crippen LogP contribution >= 0.6 is 0 Å². The maximum Gasteiger partial charge on any atom is 0.294 e. The maximum atomic E-state index is 13.7. The van der Waals surface area contributed by atoms with Gasteiger partial charge in [0.1, 0.15) is 11.6 Å². The molecule has 0 spiro atoms. The van der Waals surface area contributed by atoms with Crippen LogP contribution in [0.1, 0.15) is 29.7 Å². The average Bonchev–Trinajstić information content (AvgIpc) is 2.76.